The van der Waals surface area contributed by atoms with E-state index in [1.54, 1.807) is 18.2 Å². The second-order valence-corrected chi connectivity index (χ2v) is 10.1. The number of nitrogen functional groups attached to an aromatic ring is 1. The van der Waals surface area contributed by atoms with Gasteiger partial charge in [-0.25, -0.2) is 10.1 Å². The monoisotopic (exact) mass is 645 g/mol. The van der Waals surface area contributed by atoms with Gasteiger partial charge < -0.3 is 19.9 Å². The van der Waals surface area contributed by atoms with Crippen LogP contribution >= 0.6 is 27.5 Å². The third-order valence-electron chi connectivity index (χ3n) is 6.06. The lowest BCUT2D eigenvalue weighted by Crippen LogP contribution is -2.37. The van der Waals surface area contributed by atoms with Crippen LogP contribution in [0.1, 0.15) is 27.3 Å². The van der Waals surface area contributed by atoms with Gasteiger partial charge in [-0.3, -0.25) is 9.69 Å². The summed E-state index contributed by atoms with van der Waals surface area (Å²) in [5.74, 6) is 0.572. The number of carbonyl (C=O) groups excluding carboxylic acids is 1. The number of nitrogens with one attached hydrogen (secondary N) is 1. The molecule has 1 aliphatic rings. The Hall–Kier alpha value is -4.05. The van der Waals surface area contributed by atoms with Gasteiger partial charge in [0.05, 0.1) is 36.7 Å². The first-order valence-electron chi connectivity index (χ1n) is 12.3. The topological polar surface area (TPSA) is 168 Å². The minimum Gasteiger partial charge on any atom is -0.493 e. The zero-order chi connectivity index (χ0) is 28.8. The molecular weight excluding hydrogens is 622 g/mol. The molecule has 0 saturated carbocycles. The molecule has 0 bridgehead atoms. The summed E-state index contributed by atoms with van der Waals surface area (Å²) >= 11 is 9.59. The lowest BCUT2D eigenvalue weighted by Gasteiger charge is -2.26. The van der Waals surface area contributed by atoms with E-state index in [1.807, 2.05) is 18.2 Å². The SMILES string of the molecule is COc1cc(/C=N/NC(=O)c2nnn(-c3nonc3N)c2CN2CCOCC2)cc(Br)c1OCc1cccc(Cl)c1. The minimum absolute atomic E-state index is 0.0163. The molecule has 5 rings (SSSR count). The zero-order valence-electron chi connectivity index (χ0n) is 21.8. The van der Waals surface area contributed by atoms with Crippen LogP contribution in [-0.2, 0) is 17.9 Å². The number of nitrogens with zero attached hydrogens (tertiary/aromatic N) is 7. The van der Waals surface area contributed by atoms with Gasteiger partial charge in [0.1, 0.15) is 6.61 Å². The second-order valence-electron chi connectivity index (χ2n) is 8.81. The predicted octanol–water partition coefficient (Wildman–Crippen LogP) is 2.83. The number of aromatic nitrogens is 5. The van der Waals surface area contributed by atoms with Crippen LogP contribution < -0.4 is 20.6 Å². The Bertz CT molecular complexity index is 1550. The van der Waals surface area contributed by atoms with E-state index < -0.39 is 5.91 Å². The maximum Gasteiger partial charge on any atom is 0.293 e. The minimum atomic E-state index is -0.571. The highest BCUT2D eigenvalue weighted by Gasteiger charge is 2.26. The first-order valence-corrected chi connectivity index (χ1v) is 13.5. The molecule has 3 heterocycles. The number of hydrazone groups is 1. The Labute approximate surface area is 247 Å². The molecular formula is C25H25BrClN9O5. The predicted molar refractivity (Wildman–Crippen MR) is 151 cm³/mol. The van der Waals surface area contributed by atoms with Crippen molar-refractivity contribution in [1.29, 1.82) is 0 Å². The van der Waals surface area contributed by atoms with Crippen molar-refractivity contribution in [2.24, 2.45) is 5.10 Å². The molecule has 0 atom stereocenters. The number of anilines is 1. The second kappa shape index (κ2) is 13.1. The smallest absolute Gasteiger partial charge is 0.293 e. The Morgan fingerprint density at radius 2 is 2.10 bits per heavy atom. The molecule has 1 aliphatic heterocycles. The lowest BCUT2D eigenvalue weighted by molar-refractivity contribution is 0.0332. The number of hydrogen-bond acceptors (Lipinski definition) is 12. The van der Waals surface area contributed by atoms with Crippen LogP contribution in [0.5, 0.6) is 11.5 Å². The fourth-order valence-corrected chi connectivity index (χ4v) is 4.84. The molecule has 3 N–H and O–H groups in total. The Morgan fingerprint density at radius 3 is 2.83 bits per heavy atom. The van der Waals surface area contributed by atoms with E-state index in [2.05, 4.69) is 52.0 Å². The summed E-state index contributed by atoms with van der Waals surface area (Å²) in [5, 5.41) is 20.2. The van der Waals surface area contributed by atoms with Crippen LogP contribution in [0.3, 0.4) is 0 Å². The summed E-state index contributed by atoms with van der Waals surface area (Å²) in [6, 6.07) is 10.9. The molecule has 2 aromatic heterocycles. The van der Waals surface area contributed by atoms with Crippen LogP contribution in [-0.4, -0.2) is 75.7 Å². The van der Waals surface area contributed by atoms with Crippen molar-refractivity contribution in [3.8, 4) is 17.3 Å². The quantitative estimate of drug-likeness (QED) is 0.192. The zero-order valence-corrected chi connectivity index (χ0v) is 24.1. The van der Waals surface area contributed by atoms with E-state index in [9.17, 15) is 4.79 Å². The van der Waals surface area contributed by atoms with E-state index in [4.69, 9.17) is 36.2 Å². The number of nitrogens with two attached hydrogens (primary N) is 1. The van der Waals surface area contributed by atoms with Gasteiger partial charge in [0.25, 0.3) is 5.91 Å². The standard InChI is InChI=1S/C25H25BrClN9O5/c1-38-20-11-16(10-18(26)22(20)40-14-15-3-2-4-17(27)9-15)12-29-31-25(37)21-19(13-35-5-7-39-8-6-35)36(34-30-21)24-23(28)32-41-33-24/h2-4,9-12H,5-8,13-14H2,1H3,(H2,28,32)(H,31,37)/b29-12+. The van der Waals surface area contributed by atoms with Crippen LogP contribution in [0.15, 0.2) is 50.6 Å². The third kappa shape index (κ3) is 6.82. The Kier molecular flexibility index (Phi) is 9.08. The van der Waals surface area contributed by atoms with Crippen LogP contribution in [0.2, 0.25) is 5.02 Å². The lowest BCUT2D eigenvalue weighted by atomic mass is 10.2. The molecule has 0 unspecified atom stereocenters. The maximum atomic E-state index is 13.1. The van der Waals surface area contributed by atoms with Gasteiger partial charge in [0, 0.05) is 24.7 Å². The van der Waals surface area contributed by atoms with Crippen LogP contribution in [0, 0.1) is 0 Å². The van der Waals surface area contributed by atoms with Gasteiger partial charge in [0.15, 0.2) is 17.2 Å². The number of morpholine rings is 1. The summed E-state index contributed by atoms with van der Waals surface area (Å²) in [6.07, 6.45) is 1.47. The molecule has 41 heavy (non-hydrogen) atoms. The molecule has 2 aromatic carbocycles. The first kappa shape index (κ1) is 28.5. The van der Waals surface area contributed by atoms with E-state index in [-0.39, 0.29) is 17.3 Å². The van der Waals surface area contributed by atoms with E-state index in [1.165, 1.54) is 18.0 Å². The highest BCUT2D eigenvalue weighted by atomic mass is 79.9. The number of ether oxygens (including phenoxy) is 3. The van der Waals surface area contributed by atoms with Crippen molar-refractivity contribution in [2.75, 3.05) is 39.1 Å². The molecule has 0 aliphatic carbocycles. The third-order valence-corrected chi connectivity index (χ3v) is 6.88. The van der Waals surface area contributed by atoms with Crippen molar-refractivity contribution >= 4 is 45.5 Å². The van der Waals surface area contributed by atoms with Gasteiger partial charge in [-0.2, -0.15) is 9.78 Å². The largest absolute Gasteiger partial charge is 0.493 e. The number of hydrogen-bond donors (Lipinski definition) is 2. The fourth-order valence-electron chi connectivity index (χ4n) is 4.05. The summed E-state index contributed by atoms with van der Waals surface area (Å²) in [5.41, 5.74) is 10.4. The van der Waals surface area contributed by atoms with Crippen molar-refractivity contribution in [3.63, 3.8) is 0 Å². The fraction of sp³-hybridized carbons (Fsp3) is 0.280. The molecule has 14 nitrogen and oxygen atoms in total. The molecule has 1 amide bonds. The van der Waals surface area contributed by atoms with Crippen molar-refractivity contribution in [2.45, 2.75) is 13.2 Å². The number of benzene rings is 2. The average molecular weight is 647 g/mol. The number of methoxy groups -OCH3 is 1. The number of carbonyl (C=O) groups is 1. The average Bonchev–Trinajstić information content (AvgIpc) is 3.58. The van der Waals surface area contributed by atoms with E-state index in [0.717, 1.165) is 5.56 Å². The highest BCUT2D eigenvalue weighted by Crippen LogP contribution is 2.37. The number of rotatable bonds is 10. The normalized spacial score (nSPS) is 13.9. The maximum absolute atomic E-state index is 13.1. The van der Waals surface area contributed by atoms with Gasteiger partial charge in [0.2, 0.25) is 11.6 Å². The van der Waals surface area contributed by atoms with Gasteiger partial charge in [-0.15, -0.1) is 5.10 Å². The number of halogens is 2. The molecule has 0 spiro atoms. The van der Waals surface area contributed by atoms with Gasteiger partial charge in [-0.1, -0.05) is 28.9 Å². The summed E-state index contributed by atoms with van der Waals surface area (Å²) in [4.78, 5) is 15.2. The molecule has 4 aromatic rings. The Balaban J connectivity index is 1.31. The van der Waals surface area contributed by atoms with Crippen molar-refractivity contribution in [1.82, 2.24) is 35.6 Å². The molecule has 16 heteroatoms. The van der Waals surface area contributed by atoms with Crippen LogP contribution in [0.25, 0.3) is 5.82 Å². The van der Waals surface area contributed by atoms with Crippen LogP contribution in [0.4, 0.5) is 5.82 Å². The summed E-state index contributed by atoms with van der Waals surface area (Å²) in [6.45, 7) is 3.13. The number of amides is 1. The summed E-state index contributed by atoms with van der Waals surface area (Å²) < 4.78 is 23.6. The van der Waals surface area contributed by atoms with Gasteiger partial charge >= 0.3 is 0 Å². The van der Waals surface area contributed by atoms with Crippen molar-refractivity contribution < 1.29 is 23.6 Å². The van der Waals surface area contributed by atoms with Crippen molar-refractivity contribution in [3.05, 3.63) is 68.4 Å². The van der Waals surface area contributed by atoms with Gasteiger partial charge in [-0.05, 0) is 61.6 Å². The Morgan fingerprint density at radius 1 is 1.27 bits per heavy atom. The van der Waals surface area contributed by atoms with E-state index in [0.29, 0.717) is 71.7 Å². The molecule has 1 fully saturated rings. The first-order chi connectivity index (χ1) is 19.9. The molecule has 214 valence electrons. The highest BCUT2D eigenvalue weighted by molar-refractivity contribution is 9.10. The molecule has 1 saturated heterocycles. The summed E-state index contributed by atoms with van der Waals surface area (Å²) in [7, 11) is 1.53. The molecule has 0 radical (unpaired) electrons. The van der Waals surface area contributed by atoms with E-state index >= 15 is 0 Å².